The summed E-state index contributed by atoms with van der Waals surface area (Å²) < 4.78 is 11.6. The van der Waals surface area contributed by atoms with E-state index in [0.29, 0.717) is 13.0 Å². The van der Waals surface area contributed by atoms with Gasteiger partial charge in [-0.05, 0) is 87.6 Å². The van der Waals surface area contributed by atoms with Crippen LogP contribution in [0.15, 0.2) is 60.3 Å². The number of pyridine rings is 1. The number of benzene rings is 1. The molecule has 0 aliphatic heterocycles. The van der Waals surface area contributed by atoms with Crippen LogP contribution in [0.3, 0.4) is 0 Å². The van der Waals surface area contributed by atoms with Crippen molar-refractivity contribution in [3.63, 3.8) is 0 Å². The quantitative estimate of drug-likeness (QED) is 0.256. The van der Waals surface area contributed by atoms with E-state index in [9.17, 15) is 4.79 Å². The molecule has 0 bridgehead atoms. The highest BCUT2D eigenvalue weighted by molar-refractivity contribution is 5.71. The number of aromatic nitrogens is 1. The van der Waals surface area contributed by atoms with E-state index in [4.69, 9.17) is 9.47 Å². The number of unbranched alkanes of at least 4 members (excludes halogenated alkanes) is 2. The number of esters is 1. The second-order valence-electron chi connectivity index (χ2n) is 9.71. The van der Waals surface area contributed by atoms with Crippen LogP contribution in [0.5, 0.6) is 0 Å². The summed E-state index contributed by atoms with van der Waals surface area (Å²) in [5.74, 6) is 0.922. The summed E-state index contributed by atoms with van der Waals surface area (Å²) in [5, 5.41) is 3.34. The topological polar surface area (TPSA) is 60.5 Å². The Morgan fingerprint density at radius 2 is 1.91 bits per heavy atom. The van der Waals surface area contributed by atoms with Crippen molar-refractivity contribution in [1.29, 1.82) is 0 Å². The van der Waals surface area contributed by atoms with Gasteiger partial charge in [0.15, 0.2) is 0 Å². The first-order valence-electron chi connectivity index (χ1n) is 12.1. The Bertz CT molecular complexity index is 903. The van der Waals surface area contributed by atoms with E-state index >= 15 is 0 Å². The van der Waals surface area contributed by atoms with Gasteiger partial charge in [0, 0.05) is 19.3 Å². The number of hydrogen-bond acceptors (Lipinski definition) is 5. The highest BCUT2D eigenvalue weighted by Gasteiger charge is 2.25. The molecule has 0 spiro atoms. The van der Waals surface area contributed by atoms with Crippen LogP contribution in [-0.4, -0.2) is 36.3 Å². The van der Waals surface area contributed by atoms with Crippen LogP contribution in [0.4, 0.5) is 5.82 Å². The fraction of sp³-hybridized carbons (Fsp3) is 0.500. The molecule has 2 aromatic rings. The largest absolute Gasteiger partial charge is 0.460 e. The summed E-state index contributed by atoms with van der Waals surface area (Å²) in [4.78, 5) is 16.8. The van der Waals surface area contributed by atoms with E-state index in [1.165, 1.54) is 16.7 Å². The molecule has 0 saturated heterocycles. The Hall–Kier alpha value is -2.66. The number of hydrogen-bond donors (Lipinski definition) is 1. The van der Waals surface area contributed by atoms with E-state index in [0.717, 1.165) is 51.1 Å². The summed E-state index contributed by atoms with van der Waals surface area (Å²) in [6.07, 6.45) is 9.46. The average molecular weight is 451 g/mol. The van der Waals surface area contributed by atoms with Gasteiger partial charge in [0.1, 0.15) is 11.4 Å². The molecule has 1 aliphatic carbocycles. The third-order valence-corrected chi connectivity index (χ3v) is 5.67. The van der Waals surface area contributed by atoms with Crippen molar-refractivity contribution < 1.29 is 14.3 Å². The molecule has 0 fully saturated rings. The van der Waals surface area contributed by atoms with Crippen molar-refractivity contribution in [2.24, 2.45) is 0 Å². The predicted octanol–water partition coefficient (Wildman–Crippen LogP) is 6.07. The average Bonchev–Trinajstić information content (AvgIpc) is 2.94. The smallest absolute Gasteiger partial charge is 0.306 e. The number of carbonyl (C=O) groups excluding carboxylic acids is 1. The van der Waals surface area contributed by atoms with Gasteiger partial charge in [-0.1, -0.05) is 36.4 Å². The lowest BCUT2D eigenvalue weighted by atomic mass is 9.88. The molecule has 3 rings (SSSR count). The number of anilines is 1. The minimum absolute atomic E-state index is 0.131. The van der Waals surface area contributed by atoms with Gasteiger partial charge >= 0.3 is 5.97 Å². The summed E-state index contributed by atoms with van der Waals surface area (Å²) in [7, 11) is 0. The number of fused-ring (bicyclic) bond motifs is 1. The molecule has 1 N–H and O–H groups in total. The molecule has 1 unspecified atom stereocenters. The first-order chi connectivity index (χ1) is 15.9. The fourth-order valence-electron chi connectivity index (χ4n) is 4.16. The first kappa shape index (κ1) is 25.0. The van der Waals surface area contributed by atoms with Gasteiger partial charge in [0.05, 0.1) is 13.0 Å². The van der Waals surface area contributed by atoms with E-state index in [2.05, 4.69) is 40.6 Å². The highest BCUT2D eigenvalue weighted by atomic mass is 16.6. The van der Waals surface area contributed by atoms with E-state index in [1.807, 2.05) is 39.0 Å². The van der Waals surface area contributed by atoms with Crippen LogP contribution in [-0.2, 0) is 20.7 Å². The molecule has 1 atom stereocenters. The predicted molar refractivity (Wildman–Crippen MR) is 133 cm³/mol. The lowest BCUT2D eigenvalue weighted by Crippen LogP contribution is -2.25. The molecule has 0 radical (unpaired) electrons. The van der Waals surface area contributed by atoms with Crippen LogP contribution < -0.4 is 5.32 Å². The summed E-state index contributed by atoms with van der Waals surface area (Å²) >= 11 is 0. The Morgan fingerprint density at radius 3 is 2.70 bits per heavy atom. The van der Waals surface area contributed by atoms with Crippen molar-refractivity contribution in [3.8, 4) is 0 Å². The van der Waals surface area contributed by atoms with Gasteiger partial charge in [-0.2, -0.15) is 0 Å². The highest BCUT2D eigenvalue weighted by Crippen LogP contribution is 2.34. The Balaban J connectivity index is 1.42. The van der Waals surface area contributed by atoms with Crippen LogP contribution >= 0.6 is 0 Å². The number of ether oxygens (including phenoxy) is 2. The zero-order valence-electron chi connectivity index (χ0n) is 20.3. The minimum atomic E-state index is -0.462. The molecule has 0 saturated carbocycles. The van der Waals surface area contributed by atoms with Crippen molar-refractivity contribution in [3.05, 3.63) is 71.4 Å². The molecule has 1 aromatic carbocycles. The van der Waals surface area contributed by atoms with Gasteiger partial charge in [-0.15, -0.1) is 0 Å². The summed E-state index contributed by atoms with van der Waals surface area (Å²) in [6, 6.07) is 14.3. The van der Waals surface area contributed by atoms with Crippen LogP contribution in [0, 0.1) is 0 Å². The number of nitrogens with one attached hydrogen (secondary N) is 1. The first-order valence-corrected chi connectivity index (χ1v) is 12.1. The molecule has 1 heterocycles. The molecule has 1 aliphatic rings. The number of allylic oxidation sites excluding steroid dienone is 1. The monoisotopic (exact) mass is 450 g/mol. The van der Waals surface area contributed by atoms with Crippen molar-refractivity contribution in [2.75, 3.05) is 25.1 Å². The summed E-state index contributed by atoms with van der Waals surface area (Å²) in [5.41, 5.74) is 3.36. The maximum atomic E-state index is 12.5. The van der Waals surface area contributed by atoms with Crippen molar-refractivity contribution in [2.45, 2.75) is 70.8 Å². The Kier molecular flexibility index (Phi) is 9.49. The maximum Gasteiger partial charge on any atom is 0.306 e. The normalized spacial score (nSPS) is 15.8. The standard InChI is InChI=1S/C28H38N2O3/c1-28(2,3)33-27(31)20-24-19-22(14-15-23-11-5-6-12-25(23)24)21-32-18-10-4-8-16-29-26-13-7-9-17-30-26/h5-7,9,11-14,17,24H,4,8,10,15-16,18-21H2,1-3H3,(H,29,30). The van der Waals surface area contributed by atoms with Crippen molar-refractivity contribution in [1.82, 2.24) is 4.98 Å². The van der Waals surface area contributed by atoms with E-state index in [1.54, 1.807) is 6.20 Å². The summed E-state index contributed by atoms with van der Waals surface area (Å²) in [6.45, 7) is 8.06. The Morgan fingerprint density at radius 1 is 1.09 bits per heavy atom. The Labute approximate surface area is 198 Å². The molecular weight excluding hydrogens is 412 g/mol. The maximum absolute atomic E-state index is 12.5. The second kappa shape index (κ2) is 12.5. The minimum Gasteiger partial charge on any atom is -0.460 e. The van der Waals surface area contributed by atoms with Gasteiger partial charge in [-0.25, -0.2) is 4.98 Å². The molecule has 33 heavy (non-hydrogen) atoms. The molecular formula is C28H38N2O3. The van der Waals surface area contributed by atoms with Crippen LogP contribution in [0.2, 0.25) is 0 Å². The second-order valence-corrected chi connectivity index (χ2v) is 9.71. The molecule has 178 valence electrons. The third kappa shape index (κ3) is 9.01. The zero-order chi connectivity index (χ0) is 23.5. The lowest BCUT2D eigenvalue weighted by molar-refractivity contribution is -0.155. The number of nitrogens with zero attached hydrogens (tertiary/aromatic N) is 1. The fourth-order valence-corrected chi connectivity index (χ4v) is 4.16. The van der Waals surface area contributed by atoms with Gasteiger partial charge in [0.25, 0.3) is 0 Å². The van der Waals surface area contributed by atoms with Gasteiger partial charge < -0.3 is 14.8 Å². The van der Waals surface area contributed by atoms with Crippen LogP contribution in [0.1, 0.15) is 69.9 Å². The SMILES string of the molecule is CC(C)(C)OC(=O)CC1CC(COCCCCCNc2ccccn2)=CCc2ccccc21. The molecule has 0 amide bonds. The zero-order valence-corrected chi connectivity index (χ0v) is 20.3. The van der Waals surface area contributed by atoms with E-state index < -0.39 is 5.60 Å². The van der Waals surface area contributed by atoms with Crippen molar-refractivity contribution >= 4 is 11.8 Å². The van der Waals surface area contributed by atoms with E-state index in [-0.39, 0.29) is 11.9 Å². The molecule has 5 nitrogen and oxygen atoms in total. The van der Waals surface area contributed by atoms with Gasteiger partial charge in [0.2, 0.25) is 0 Å². The molecule has 5 heteroatoms. The third-order valence-electron chi connectivity index (χ3n) is 5.67. The lowest BCUT2D eigenvalue weighted by Gasteiger charge is -2.23. The number of rotatable bonds is 11. The van der Waals surface area contributed by atoms with Crippen LogP contribution in [0.25, 0.3) is 0 Å². The molecule has 1 aromatic heterocycles. The van der Waals surface area contributed by atoms with Gasteiger partial charge in [-0.3, -0.25) is 4.79 Å². The number of carbonyl (C=O) groups is 1.